The second-order valence-corrected chi connectivity index (χ2v) is 4.58. The van der Waals surface area contributed by atoms with Gasteiger partial charge in [-0.1, -0.05) is 28.1 Å². The zero-order chi connectivity index (χ0) is 8.77. The molecule has 2 rings (SSSR count). The first-order chi connectivity index (χ1) is 5.59. The van der Waals surface area contributed by atoms with Gasteiger partial charge in [0.05, 0.1) is 5.60 Å². The fraction of sp³-hybridized carbons (Fsp3) is 0.400. The lowest BCUT2D eigenvalue weighted by molar-refractivity contribution is 0.164. The van der Waals surface area contributed by atoms with Crippen LogP contribution in [0, 0.1) is 0 Å². The van der Waals surface area contributed by atoms with E-state index in [0.717, 1.165) is 10.9 Å². The lowest BCUT2D eigenvalue weighted by Crippen LogP contribution is -2.02. The normalized spacial score (nSPS) is 33.4. The van der Waals surface area contributed by atoms with Crippen LogP contribution in [0.25, 0.3) is 0 Å². The van der Waals surface area contributed by atoms with Gasteiger partial charge in [-0.05, 0) is 31.0 Å². The summed E-state index contributed by atoms with van der Waals surface area (Å²) in [5.74, 6) is 0.343. The molecule has 1 aliphatic carbocycles. The SMILES string of the molecule is CC1(O)CC1c1cccc(Br)c1. The van der Waals surface area contributed by atoms with Crippen molar-refractivity contribution in [3.8, 4) is 0 Å². The van der Waals surface area contributed by atoms with Crippen LogP contribution in [0.1, 0.15) is 24.8 Å². The van der Waals surface area contributed by atoms with Gasteiger partial charge in [-0.3, -0.25) is 0 Å². The summed E-state index contributed by atoms with van der Waals surface area (Å²) in [6.45, 7) is 1.89. The van der Waals surface area contributed by atoms with Crippen molar-refractivity contribution in [2.24, 2.45) is 0 Å². The van der Waals surface area contributed by atoms with E-state index in [4.69, 9.17) is 0 Å². The summed E-state index contributed by atoms with van der Waals surface area (Å²) in [5.41, 5.74) is 0.773. The summed E-state index contributed by atoms with van der Waals surface area (Å²) in [4.78, 5) is 0. The summed E-state index contributed by atoms with van der Waals surface area (Å²) >= 11 is 3.41. The Morgan fingerprint density at radius 3 is 2.75 bits per heavy atom. The molecular weight excluding hydrogens is 216 g/mol. The van der Waals surface area contributed by atoms with Crippen LogP contribution in [-0.2, 0) is 0 Å². The smallest absolute Gasteiger partial charge is 0.0696 e. The standard InChI is InChI=1S/C10H11BrO/c1-10(12)6-9(10)7-3-2-4-8(11)5-7/h2-5,9,12H,6H2,1H3. The fourth-order valence-electron chi connectivity index (χ4n) is 1.55. The Morgan fingerprint density at radius 2 is 2.25 bits per heavy atom. The van der Waals surface area contributed by atoms with E-state index in [0.29, 0.717) is 5.92 Å². The molecule has 0 amide bonds. The third-order valence-electron chi connectivity index (χ3n) is 2.46. The van der Waals surface area contributed by atoms with E-state index in [2.05, 4.69) is 28.1 Å². The van der Waals surface area contributed by atoms with Crippen molar-refractivity contribution in [2.45, 2.75) is 24.9 Å². The quantitative estimate of drug-likeness (QED) is 0.781. The monoisotopic (exact) mass is 226 g/mol. The number of benzene rings is 1. The molecule has 0 heterocycles. The lowest BCUT2D eigenvalue weighted by Gasteiger charge is -2.02. The van der Waals surface area contributed by atoms with E-state index in [1.54, 1.807) is 0 Å². The van der Waals surface area contributed by atoms with E-state index in [9.17, 15) is 5.11 Å². The zero-order valence-electron chi connectivity index (χ0n) is 6.92. The molecule has 0 bridgehead atoms. The molecule has 1 aromatic rings. The second-order valence-electron chi connectivity index (χ2n) is 3.67. The van der Waals surface area contributed by atoms with Gasteiger partial charge < -0.3 is 5.11 Å². The van der Waals surface area contributed by atoms with Crippen LogP contribution >= 0.6 is 15.9 Å². The molecule has 1 saturated carbocycles. The predicted molar refractivity (Wildman–Crippen MR) is 52.1 cm³/mol. The minimum absolute atomic E-state index is 0.343. The first kappa shape index (κ1) is 8.27. The molecule has 12 heavy (non-hydrogen) atoms. The minimum atomic E-state index is -0.458. The highest BCUT2D eigenvalue weighted by Crippen LogP contribution is 2.51. The maximum Gasteiger partial charge on any atom is 0.0696 e. The Balaban J connectivity index is 2.26. The summed E-state index contributed by atoms with van der Waals surface area (Å²) < 4.78 is 1.09. The van der Waals surface area contributed by atoms with E-state index >= 15 is 0 Å². The Morgan fingerprint density at radius 1 is 1.58 bits per heavy atom. The van der Waals surface area contributed by atoms with Crippen LogP contribution in [0.5, 0.6) is 0 Å². The average molecular weight is 227 g/mol. The van der Waals surface area contributed by atoms with Crippen molar-refractivity contribution in [2.75, 3.05) is 0 Å². The summed E-state index contributed by atoms with van der Waals surface area (Å²) in [7, 11) is 0. The van der Waals surface area contributed by atoms with E-state index in [-0.39, 0.29) is 0 Å². The van der Waals surface area contributed by atoms with Crippen LogP contribution in [0.2, 0.25) is 0 Å². The maximum atomic E-state index is 9.62. The molecule has 0 spiro atoms. The highest BCUT2D eigenvalue weighted by atomic mass is 79.9. The molecule has 0 radical (unpaired) electrons. The van der Waals surface area contributed by atoms with Crippen LogP contribution in [0.3, 0.4) is 0 Å². The van der Waals surface area contributed by atoms with Gasteiger partial charge in [0.1, 0.15) is 0 Å². The van der Waals surface area contributed by atoms with E-state index < -0.39 is 5.60 Å². The molecular formula is C10H11BrO. The van der Waals surface area contributed by atoms with Crippen molar-refractivity contribution >= 4 is 15.9 Å². The summed E-state index contributed by atoms with van der Waals surface area (Å²) in [6.07, 6.45) is 0.892. The van der Waals surface area contributed by atoms with Crippen LogP contribution in [0.15, 0.2) is 28.7 Å². The van der Waals surface area contributed by atoms with Gasteiger partial charge in [0.15, 0.2) is 0 Å². The minimum Gasteiger partial charge on any atom is -0.390 e. The zero-order valence-corrected chi connectivity index (χ0v) is 8.51. The van der Waals surface area contributed by atoms with Crippen molar-refractivity contribution < 1.29 is 5.11 Å². The van der Waals surface area contributed by atoms with Crippen molar-refractivity contribution in [3.63, 3.8) is 0 Å². The average Bonchev–Trinajstić information content (AvgIpc) is 2.60. The Labute approximate surface area is 80.5 Å². The molecule has 1 aliphatic rings. The second kappa shape index (κ2) is 2.57. The van der Waals surface area contributed by atoms with Crippen molar-refractivity contribution in [3.05, 3.63) is 34.3 Å². The number of halogens is 1. The van der Waals surface area contributed by atoms with Crippen molar-refractivity contribution in [1.29, 1.82) is 0 Å². The third kappa shape index (κ3) is 1.41. The molecule has 0 aliphatic heterocycles. The number of rotatable bonds is 1. The topological polar surface area (TPSA) is 20.2 Å². The van der Waals surface area contributed by atoms with Gasteiger partial charge in [-0.2, -0.15) is 0 Å². The largest absolute Gasteiger partial charge is 0.390 e. The first-order valence-corrected chi connectivity index (χ1v) is 4.87. The molecule has 2 atom stereocenters. The van der Waals surface area contributed by atoms with Crippen molar-refractivity contribution in [1.82, 2.24) is 0 Å². The fourth-order valence-corrected chi connectivity index (χ4v) is 1.97. The van der Waals surface area contributed by atoms with Gasteiger partial charge in [0, 0.05) is 10.4 Å². The number of aliphatic hydroxyl groups is 1. The molecule has 1 N–H and O–H groups in total. The van der Waals surface area contributed by atoms with E-state index in [1.807, 2.05) is 19.1 Å². The van der Waals surface area contributed by atoms with Gasteiger partial charge in [0.2, 0.25) is 0 Å². The molecule has 2 unspecified atom stereocenters. The van der Waals surface area contributed by atoms with Crippen LogP contribution in [-0.4, -0.2) is 10.7 Å². The summed E-state index contributed by atoms with van der Waals surface area (Å²) in [5, 5.41) is 9.62. The highest BCUT2D eigenvalue weighted by molar-refractivity contribution is 9.10. The lowest BCUT2D eigenvalue weighted by atomic mass is 10.1. The maximum absolute atomic E-state index is 9.62. The molecule has 0 aromatic heterocycles. The predicted octanol–water partition coefficient (Wildman–Crippen LogP) is 2.69. The Bertz CT molecular complexity index is 306. The number of hydrogen-bond acceptors (Lipinski definition) is 1. The summed E-state index contributed by atoms with van der Waals surface area (Å²) in [6, 6.07) is 8.15. The van der Waals surface area contributed by atoms with Gasteiger partial charge in [0.25, 0.3) is 0 Å². The van der Waals surface area contributed by atoms with E-state index in [1.165, 1.54) is 5.56 Å². The molecule has 2 heteroatoms. The Hall–Kier alpha value is -0.340. The molecule has 1 aromatic carbocycles. The van der Waals surface area contributed by atoms with Gasteiger partial charge >= 0.3 is 0 Å². The van der Waals surface area contributed by atoms with Gasteiger partial charge in [-0.15, -0.1) is 0 Å². The van der Waals surface area contributed by atoms with Crippen LogP contribution in [0.4, 0.5) is 0 Å². The number of hydrogen-bond donors (Lipinski definition) is 1. The molecule has 1 fully saturated rings. The molecule has 0 saturated heterocycles. The third-order valence-corrected chi connectivity index (χ3v) is 2.95. The molecule has 1 nitrogen and oxygen atoms in total. The highest BCUT2D eigenvalue weighted by Gasteiger charge is 2.49. The first-order valence-electron chi connectivity index (χ1n) is 4.07. The molecule has 64 valence electrons. The van der Waals surface area contributed by atoms with Gasteiger partial charge in [-0.25, -0.2) is 0 Å². The Kier molecular flexibility index (Phi) is 1.77. The van der Waals surface area contributed by atoms with Crippen LogP contribution < -0.4 is 0 Å².